The van der Waals surface area contributed by atoms with Gasteiger partial charge in [-0.3, -0.25) is 4.98 Å². The van der Waals surface area contributed by atoms with Gasteiger partial charge in [0.2, 0.25) is 0 Å². The molecule has 0 unspecified atom stereocenters. The van der Waals surface area contributed by atoms with E-state index in [1.807, 2.05) is 60.7 Å². The van der Waals surface area contributed by atoms with E-state index in [1.54, 1.807) is 12.4 Å². The molecule has 0 aliphatic rings. The fourth-order valence-corrected chi connectivity index (χ4v) is 3.36. The molecule has 4 rings (SSSR count). The van der Waals surface area contributed by atoms with Gasteiger partial charge in [-0.25, -0.2) is 9.97 Å². The molecule has 0 atom stereocenters. The summed E-state index contributed by atoms with van der Waals surface area (Å²) in [6.07, 6.45) is 3.53. The van der Waals surface area contributed by atoms with Crippen molar-refractivity contribution in [3.8, 4) is 21.8 Å². The van der Waals surface area contributed by atoms with Gasteiger partial charge in [-0.05, 0) is 42.0 Å². The first-order valence-electron chi connectivity index (χ1n) is 7.76. The Kier molecular flexibility index (Phi) is 4.10. The number of para-hydroxylation sites is 1. The van der Waals surface area contributed by atoms with Gasteiger partial charge in [-0.2, -0.15) is 0 Å². The third-order valence-corrected chi connectivity index (χ3v) is 4.55. The van der Waals surface area contributed by atoms with Crippen LogP contribution in [0.3, 0.4) is 0 Å². The van der Waals surface area contributed by atoms with Crippen molar-refractivity contribution in [2.45, 2.75) is 0 Å². The standard InChI is InChI=1S/C19H15N5S/c20-19-24-17(15-8-4-5-10-21-15)18(25-19)13-9-11-22-16(12-13)23-14-6-2-1-3-7-14/h1-12H,(H2,20,24)(H,22,23). The third-order valence-electron chi connectivity index (χ3n) is 3.62. The normalized spacial score (nSPS) is 10.6. The Hall–Kier alpha value is -3.25. The molecular formula is C19H15N5S. The summed E-state index contributed by atoms with van der Waals surface area (Å²) in [4.78, 5) is 14.2. The number of hydrogen-bond donors (Lipinski definition) is 2. The van der Waals surface area contributed by atoms with E-state index in [1.165, 1.54) is 11.3 Å². The minimum atomic E-state index is 0.519. The molecule has 0 radical (unpaired) electrons. The number of nitrogen functional groups attached to an aromatic ring is 1. The lowest BCUT2D eigenvalue weighted by atomic mass is 10.1. The molecule has 0 amide bonds. The van der Waals surface area contributed by atoms with Crippen LogP contribution in [0.4, 0.5) is 16.6 Å². The molecule has 0 bridgehead atoms. The highest BCUT2D eigenvalue weighted by Crippen LogP contribution is 2.37. The Morgan fingerprint density at radius 1 is 0.880 bits per heavy atom. The van der Waals surface area contributed by atoms with Crippen molar-refractivity contribution in [1.82, 2.24) is 15.0 Å². The highest BCUT2D eigenvalue weighted by molar-refractivity contribution is 7.19. The zero-order chi connectivity index (χ0) is 17.1. The molecule has 0 aliphatic heterocycles. The van der Waals surface area contributed by atoms with Crippen LogP contribution in [0.15, 0.2) is 73.1 Å². The number of thiazole rings is 1. The smallest absolute Gasteiger partial charge is 0.181 e. The number of pyridine rings is 2. The molecule has 0 fully saturated rings. The van der Waals surface area contributed by atoms with Crippen molar-refractivity contribution in [1.29, 1.82) is 0 Å². The van der Waals surface area contributed by atoms with Crippen molar-refractivity contribution >= 4 is 28.0 Å². The zero-order valence-electron chi connectivity index (χ0n) is 13.3. The van der Waals surface area contributed by atoms with E-state index in [2.05, 4.69) is 20.3 Å². The predicted octanol–water partition coefficient (Wildman–Crippen LogP) is 4.59. The van der Waals surface area contributed by atoms with Gasteiger partial charge in [-0.1, -0.05) is 35.6 Å². The van der Waals surface area contributed by atoms with E-state index in [4.69, 9.17) is 5.73 Å². The van der Waals surface area contributed by atoms with Crippen LogP contribution in [0.5, 0.6) is 0 Å². The van der Waals surface area contributed by atoms with Gasteiger partial charge in [-0.15, -0.1) is 0 Å². The Bertz CT molecular complexity index is 983. The van der Waals surface area contributed by atoms with Crippen molar-refractivity contribution in [3.05, 3.63) is 73.1 Å². The molecule has 5 nitrogen and oxygen atoms in total. The van der Waals surface area contributed by atoms with Crippen LogP contribution in [0, 0.1) is 0 Å². The SMILES string of the molecule is Nc1nc(-c2ccccn2)c(-c2ccnc(Nc3ccccc3)c2)s1. The molecule has 0 spiro atoms. The monoisotopic (exact) mass is 345 g/mol. The second kappa shape index (κ2) is 6.70. The highest BCUT2D eigenvalue weighted by Gasteiger charge is 2.15. The first kappa shape index (κ1) is 15.3. The molecule has 3 N–H and O–H groups in total. The third kappa shape index (κ3) is 3.34. The minimum Gasteiger partial charge on any atom is -0.375 e. The molecule has 3 aromatic heterocycles. The maximum atomic E-state index is 5.96. The second-order valence-electron chi connectivity index (χ2n) is 5.37. The fourth-order valence-electron chi connectivity index (χ4n) is 2.52. The number of anilines is 3. The largest absolute Gasteiger partial charge is 0.375 e. The van der Waals surface area contributed by atoms with Crippen LogP contribution in [-0.2, 0) is 0 Å². The van der Waals surface area contributed by atoms with E-state index in [0.717, 1.165) is 33.3 Å². The quantitative estimate of drug-likeness (QED) is 0.565. The fraction of sp³-hybridized carbons (Fsp3) is 0. The molecule has 0 aliphatic carbocycles. The molecule has 25 heavy (non-hydrogen) atoms. The van der Waals surface area contributed by atoms with Gasteiger partial charge < -0.3 is 11.1 Å². The summed E-state index contributed by atoms with van der Waals surface area (Å²) < 4.78 is 0. The minimum absolute atomic E-state index is 0.519. The summed E-state index contributed by atoms with van der Waals surface area (Å²) >= 11 is 1.45. The zero-order valence-corrected chi connectivity index (χ0v) is 14.1. The molecule has 3 heterocycles. The van der Waals surface area contributed by atoms with E-state index in [-0.39, 0.29) is 0 Å². The summed E-state index contributed by atoms with van der Waals surface area (Å²) in [5.74, 6) is 0.766. The summed E-state index contributed by atoms with van der Waals surface area (Å²) in [5, 5.41) is 3.82. The van der Waals surface area contributed by atoms with Crippen molar-refractivity contribution in [3.63, 3.8) is 0 Å². The van der Waals surface area contributed by atoms with Gasteiger partial charge in [0.25, 0.3) is 0 Å². The van der Waals surface area contributed by atoms with E-state index < -0.39 is 0 Å². The Morgan fingerprint density at radius 3 is 2.52 bits per heavy atom. The van der Waals surface area contributed by atoms with Crippen LogP contribution in [0.2, 0.25) is 0 Å². The van der Waals surface area contributed by atoms with E-state index in [0.29, 0.717) is 5.13 Å². The van der Waals surface area contributed by atoms with Crippen LogP contribution in [0.25, 0.3) is 21.8 Å². The van der Waals surface area contributed by atoms with Gasteiger partial charge in [0, 0.05) is 18.1 Å². The summed E-state index contributed by atoms with van der Waals surface area (Å²) in [6.45, 7) is 0. The second-order valence-corrected chi connectivity index (χ2v) is 6.40. The Balaban J connectivity index is 1.73. The van der Waals surface area contributed by atoms with Crippen LogP contribution in [0.1, 0.15) is 0 Å². The molecule has 1 aromatic carbocycles. The first-order chi connectivity index (χ1) is 12.3. The molecule has 6 heteroatoms. The molecule has 4 aromatic rings. The molecule has 0 saturated heterocycles. The first-order valence-corrected chi connectivity index (χ1v) is 8.57. The average molecular weight is 345 g/mol. The predicted molar refractivity (Wildman–Crippen MR) is 103 cm³/mol. The summed E-state index contributed by atoms with van der Waals surface area (Å²) in [6, 6.07) is 19.6. The number of nitrogens with two attached hydrogens (primary N) is 1. The lowest BCUT2D eigenvalue weighted by Gasteiger charge is -2.07. The van der Waals surface area contributed by atoms with Crippen molar-refractivity contribution in [2.75, 3.05) is 11.1 Å². The number of hydrogen-bond acceptors (Lipinski definition) is 6. The van der Waals surface area contributed by atoms with E-state index >= 15 is 0 Å². The number of rotatable bonds is 4. The molecule has 122 valence electrons. The highest BCUT2D eigenvalue weighted by atomic mass is 32.1. The molecular weight excluding hydrogens is 330 g/mol. The number of aromatic nitrogens is 3. The summed E-state index contributed by atoms with van der Waals surface area (Å²) in [5.41, 5.74) is 9.55. The van der Waals surface area contributed by atoms with Crippen molar-refractivity contribution < 1.29 is 0 Å². The van der Waals surface area contributed by atoms with Gasteiger partial charge in [0.1, 0.15) is 11.5 Å². The van der Waals surface area contributed by atoms with Crippen LogP contribution in [-0.4, -0.2) is 15.0 Å². The Morgan fingerprint density at radius 2 is 1.72 bits per heavy atom. The van der Waals surface area contributed by atoms with E-state index in [9.17, 15) is 0 Å². The Labute approximate surface area is 149 Å². The molecule has 0 saturated carbocycles. The van der Waals surface area contributed by atoms with Crippen molar-refractivity contribution in [2.24, 2.45) is 0 Å². The number of benzene rings is 1. The lowest BCUT2D eigenvalue weighted by Crippen LogP contribution is -1.93. The van der Waals surface area contributed by atoms with Crippen LogP contribution >= 0.6 is 11.3 Å². The van der Waals surface area contributed by atoms with Crippen LogP contribution < -0.4 is 11.1 Å². The number of nitrogens with zero attached hydrogens (tertiary/aromatic N) is 3. The average Bonchev–Trinajstić information content (AvgIpc) is 3.05. The maximum absolute atomic E-state index is 5.96. The summed E-state index contributed by atoms with van der Waals surface area (Å²) in [7, 11) is 0. The van der Waals surface area contributed by atoms with Gasteiger partial charge in [0.15, 0.2) is 5.13 Å². The number of nitrogens with one attached hydrogen (secondary N) is 1. The van der Waals surface area contributed by atoms with Gasteiger partial charge >= 0.3 is 0 Å². The maximum Gasteiger partial charge on any atom is 0.181 e. The topological polar surface area (TPSA) is 76.7 Å². The van der Waals surface area contributed by atoms with Gasteiger partial charge in [0.05, 0.1) is 10.6 Å². The lowest BCUT2D eigenvalue weighted by molar-refractivity contribution is 1.28.